The molecule has 0 heterocycles. The van der Waals surface area contributed by atoms with E-state index in [9.17, 15) is 60.2 Å². The maximum absolute atomic E-state index is 13.2. The largest absolute Gasteiger partial charge is 0.472 e. The zero-order chi connectivity index (χ0) is 49.0. The molecular weight excluding hydrogens is 870 g/mol. The molecule has 16 heteroatoms. The van der Waals surface area contributed by atoms with Gasteiger partial charge in [0.2, 0.25) is 0 Å². The number of amides is 1. The quantitative estimate of drug-likeness (QED) is 0.0205. The first-order valence-corrected chi connectivity index (χ1v) is 28.3. The normalized spacial score (nSPS) is 23.3. The Labute approximate surface area is 399 Å². The molecular formula is C50H100NO14P. The van der Waals surface area contributed by atoms with Gasteiger partial charge in [0.05, 0.1) is 24.9 Å². The van der Waals surface area contributed by atoms with E-state index in [2.05, 4.69) is 19.2 Å². The third kappa shape index (κ3) is 29.4. The molecule has 0 radical (unpaired) electrons. The summed E-state index contributed by atoms with van der Waals surface area (Å²) in [6, 6.07) is -1.60. The number of carbonyl (C=O) groups excluding carboxylic acids is 1. The van der Waals surface area contributed by atoms with Crippen LogP contribution in [0.2, 0.25) is 0 Å². The summed E-state index contributed by atoms with van der Waals surface area (Å²) >= 11 is 0. The fraction of sp³-hybridized carbons (Fsp3) is 0.980. The predicted molar refractivity (Wildman–Crippen MR) is 260 cm³/mol. The average molecular weight is 970 g/mol. The van der Waals surface area contributed by atoms with Crippen molar-refractivity contribution in [3.05, 3.63) is 0 Å². The van der Waals surface area contributed by atoms with Crippen LogP contribution in [-0.4, -0.2) is 130 Å². The summed E-state index contributed by atoms with van der Waals surface area (Å²) in [5.74, 6) is -1.11. The molecule has 0 bridgehead atoms. The van der Waals surface area contributed by atoms with Gasteiger partial charge in [-0.1, -0.05) is 226 Å². The third-order valence-corrected chi connectivity index (χ3v) is 14.5. The zero-order valence-electron chi connectivity index (χ0n) is 41.4. The smallest absolute Gasteiger partial charge is 0.390 e. The lowest BCUT2D eigenvalue weighted by Gasteiger charge is -2.41. The zero-order valence-corrected chi connectivity index (χ0v) is 42.3. The number of hydrogen-bond donors (Lipinski definition) is 11. The molecule has 0 saturated heterocycles. The van der Waals surface area contributed by atoms with E-state index in [-0.39, 0.29) is 12.8 Å². The van der Waals surface area contributed by atoms with E-state index in [4.69, 9.17) is 9.05 Å². The number of rotatable bonds is 45. The second-order valence-corrected chi connectivity index (χ2v) is 20.9. The SMILES string of the molecule is CCCCCCCCCCCCCCCCCCCCCCC[C@@H](O)[C@H](O)C(=O)N[C@@H](COP(=O)(O)OC1[C@H](O)[C@H](O)C(O)[C@H](O)[C@H]1O)[C@H](O)[C@H](O)CCCCCCCCCCCCCC. The molecule has 15 nitrogen and oxygen atoms in total. The van der Waals surface area contributed by atoms with Crippen LogP contribution in [0.3, 0.4) is 0 Å². The summed E-state index contributed by atoms with van der Waals surface area (Å²) in [5, 5.41) is 96.2. The number of aliphatic hydroxyl groups is 9. The Morgan fingerprint density at radius 3 is 1.09 bits per heavy atom. The summed E-state index contributed by atoms with van der Waals surface area (Å²) in [4.78, 5) is 23.6. The summed E-state index contributed by atoms with van der Waals surface area (Å²) in [5.41, 5.74) is 0. The molecule has 1 aliphatic rings. The van der Waals surface area contributed by atoms with Gasteiger partial charge in [0.15, 0.2) is 6.10 Å². The van der Waals surface area contributed by atoms with Crippen molar-refractivity contribution in [3.63, 3.8) is 0 Å². The Morgan fingerprint density at radius 1 is 0.470 bits per heavy atom. The van der Waals surface area contributed by atoms with E-state index >= 15 is 0 Å². The molecule has 1 fully saturated rings. The van der Waals surface area contributed by atoms with Crippen LogP contribution in [0.15, 0.2) is 0 Å². The molecule has 0 aromatic carbocycles. The van der Waals surface area contributed by atoms with Gasteiger partial charge in [-0.15, -0.1) is 0 Å². The minimum Gasteiger partial charge on any atom is -0.390 e. The van der Waals surface area contributed by atoms with Crippen LogP contribution >= 0.6 is 7.82 Å². The average Bonchev–Trinajstić information content (AvgIpc) is 3.30. The molecule has 3 unspecified atom stereocenters. The Bertz CT molecular complexity index is 1170. The van der Waals surface area contributed by atoms with Crippen LogP contribution in [0.1, 0.15) is 239 Å². The second kappa shape index (κ2) is 39.9. The second-order valence-electron chi connectivity index (χ2n) is 19.5. The van der Waals surface area contributed by atoms with Gasteiger partial charge in [-0.3, -0.25) is 13.8 Å². The van der Waals surface area contributed by atoms with Gasteiger partial charge in [-0.2, -0.15) is 0 Å². The van der Waals surface area contributed by atoms with E-state index < -0.39 is 87.4 Å². The Balaban J connectivity index is 2.50. The first-order chi connectivity index (χ1) is 31.7. The van der Waals surface area contributed by atoms with Crippen molar-refractivity contribution in [1.29, 1.82) is 0 Å². The van der Waals surface area contributed by atoms with Gasteiger partial charge >= 0.3 is 7.82 Å². The summed E-state index contributed by atoms with van der Waals surface area (Å²) in [6.07, 6.45) is 20.5. The highest BCUT2D eigenvalue weighted by atomic mass is 31.2. The first-order valence-electron chi connectivity index (χ1n) is 26.8. The van der Waals surface area contributed by atoms with Crippen molar-refractivity contribution >= 4 is 13.7 Å². The molecule has 11 N–H and O–H groups in total. The van der Waals surface area contributed by atoms with Crippen molar-refractivity contribution < 1.29 is 69.3 Å². The lowest BCUT2D eigenvalue weighted by atomic mass is 9.85. The molecule has 0 aromatic rings. The van der Waals surface area contributed by atoms with Crippen LogP contribution in [0.25, 0.3) is 0 Å². The van der Waals surface area contributed by atoms with Gasteiger partial charge in [-0.05, 0) is 12.8 Å². The highest BCUT2D eigenvalue weighted by Gasteiger charge is 2.51. The van der Waals surface area contributed by atoms with E-state index in [1.807, 2.05) is 0 Å². The van der Waals surface area contributed by atoms with E-state index in [1.54, 1.807) is 0 Å². The van der Waals surface area contributed by atoms with Crippen molar-refractivity contribution in [2.45, 2.75) is 306 Å². The minimum absolute atomic E-state index is 0.126. The van der Waals surface area contributed by atoms with Crippen LogP contribution in [-0.2, 0) is 18.4 Å². The summed E-state index contributed by atoms with van der Waals surface area (Å²) < 4.78 is 22.8. The first kappa shape index (κ1) is 63.2. The van der Waals surface area contributed by atoms with Gasteiger partial charge in [0, 0.05) is 0 Å². The van der Waals surface area contributed by atoms with E-state index in [0.717, 1.165) is 51.4 Å². The minimum atomic E-state index is -5.29. The highest BCUT2D eigenvalue weighted by molar-refractivity contribution is 7.47. The fourth-order valence-electron chi connectivity index (χ4n) is 8.93. The van der Waals surface area contributed by atoms with E-state index in [0.29, 0.717) is 12.8 Å². The predicted octanol–water partition coefficient (Wildman–Crippen LogP) is 7.93. The van der Waals surface area contributed by atoms with Crippen molar-refractivity contribution in [1.82, 2.24) is 5.32 Å². The van der Waals surface area contributed by atoms with Crippen molar-refractivity contribution in [2.24, 2.45) is 0 Å². The summed E-state index contributed by atoms with van der Waals surface area (Å²) in [7, 11) is -5.29. The lowest BCUT2D eigenvalue weighted by molar-refractivity contribution is -0.220. The molecule has 66 heavy (non-hydrogen) atoms. The number of unbranched alkanes of at least 4 members (excludes halogenated alkanes) is 31. The Hall–Kier alpha value is -0.780. The fourth-order valence-corrected chi connectivity index (χ4v) is 9.89. The number of hydrogen-bond acceptors (Lipinski definition) is 13. The molecule has 0 aromatic heterocycles. The van der Waals surface area contributed by atoms with Gasteiger partial charge in [0.25, 0.3) is 5.91 Å². The monoisotopic (exact) mass is 970 g/mol. The topological polar surface area (TPSA) is 267 Å². The molecule has 0 aliphatic heterocycles. The molecule has 12 atom stereocenters. The lowest BCUT2D eigenvalue weighted by Crippen LogP contribution is -2.64. The number of nitrogens with one attached hydrogen (secondary N) is 1. The molecule has 1 amide bonds. The van der Waals surface area contributed by atoms with Gasteiger partial charge in [-0.25, -0.2) is 4.57 Å². The Morgan fingerprint density at radius 2 is 0.758 bits per heavy atom. The number of aliphatic hydroxyl groups excluding tert-OH is 9. The van der Waals surface area contributed by atoms with Crippen LogP contribution < -0.4 is 5.32 Å². The van der Waals surface area contributed by atoms with Crippen molar-refractivity contribution in [2.75, 3.05) is 6.61 Å². The molecule has 394 valence electrons. The van der Waals surface area contributed by atoms with Crippen LogP contribution in [0, 0.1) is 0 Å². The van der Waals surface area contributed by atoms with Crippen molar-refractivity contribution in [3.8, 4) is 0 Å². The maximum atomic E-state index is 13.2. The summed E-state index contributed by atoms with van der Waals surface area (Å²) in [6.45, 7) is 3.50. The third-order valence-electron chi connectivity index (χ3n) is 13.5. The number of phosphoric acid groups is 1. The van der Waals surface area contributed by atoms with Gasteiger partial charge in [0.1, 0.15) is 42.7 Å². The molecule has 1 saturated carbocycles. The highest BCUT2D eigenvalue weighted by Crippen LogP contribution is 2.47. The van der Waals surface area contributed by atoms with Gasteiger partial charge < -0.3 is 56.2 Å². The molecule has 1 aliphatic carbocycles. The number of carbonyl (C=O) groups is 1. The van der Waals surface area contributed by atoms with Crippen LogP contribution in [0.4, 0.5) is 0 Å². The number of phosphoric ester groups is 1. The Kier molecular flexibility index (Phi) is 38.2. The standard InChI is InChI=1S/C50H100NO14P/c1-3-5-7-9-11-13-15-17-18-19-20-21-22-23-24-25-27-29-31-33-35-37-41(53)43(55)50(61)51-39(38-64-66(62,63)65-49-47(59)45(57)44(56)46(58)48(49)60)42(54)40(52)36-34-32-30-28-26-16-14-12-10-8-6-4-2/h39-49,52-60H,3-38H2,1-2H3,(H,51,61)(H,62,63)/t39-,40+,41+,42-,43-,44?,45-,46+,47+,48+,49?/m0/s1. The van der Waals surface area contributed by atoms with Crippen LogP contribution in [0.5, 0.6) is 0 Å². The van der Waals surface area contributed by atoms with E-state index in [1.165, 1.54) is 148 Å². The molecule has 0 spiro atoms. The molecule has 1 rings (SSSR count). The maximum Gasteiger partial charge on any atom is 0.472 e.